The van der Waals surface area contributed by atoms with Gasteiger partial charge in [-0.05, 0) is 22.0 Å². The number of anilines is 1. The molecule has 0 saturated heterocycles. The molecule has 66 valence electrons. The van der Waals surface area contributed by atoms with Crippen molar-refractivity contribution in [2.75, 3.05) is 5.73 Å². The minimum Gasteiger partial charge on any atom is -0.415 e. The topological polar surface area (TPSA) is 48.1 Å². The van der Waals surface area contributed by atoms with Gasteiger partial charge in [-0.3, -0.25) is 0 Å². The van der Waals surface area contributed by atoms with Gasteiger partial charge in [0.1, 0.15) is 5.69 Å². The van der Waals surface area contributed by atoms with E-state index in [1.807, 2.05) is 0 Å². The molecular formula is C6H5BrF2N2O. The molecule has 2 N–H and O–H groups in total. The average Bonchev–Trinajstić information content (AvgIpc) is 1.98. The van der Waals surface area contributed by atoms with Crippen LogP contribution in [0.2, 0.25) is 0 Å². The quantitative estimate of drug-likeness (QED) is 0.858. The van der Waals surface area contributed by atoms with Gasteiger partial charge in [-0.1, -0.05) is 0 Å². The molecule has 1 aromatic rings. The number of nitrogens with zero attached hydrogens (tertiary/aromatic N) is 1. The van der Waals surface area contributed by atoms with Crippen molar-refractivity contribution in [2.24, 2.45) is 0 Å². The van der Waals surface area contributed by atoms with Crippen LogP contribution in [0.3, 0.4) is 0 Å². The summed E-state index contributed by atoms with van der Waals surface area (Å²) < 4.78 is 27.9. The molecule has 0 fully saturated rings. The van der Waals surface area contributed by atoms with E-state index in [1.165, 1.54) is 12.3 Å². The van der Waals surface area contributed by atoms with Crippen LogP contribution in [-0.4, -0.2) is 11.6 Å². The SMILES string of the molecule is Nc1c(Br)ccnc1OC(F)F. The van der Waals surface area contributed by atoms with E-state index in [4.69, 9.17) is 5.73 Å². The first-order chi connectivity index (χ1) is 5.61. The molecule has 0 aliphatic carbocycles. The van der Waals surface area contributed by atoms with Crippen LogP contribution in [0.5, 0.6) is 5.88 Å². The van der Waals surface area contributed by atoms with E-state index in [2.05, 4.69) is 25.7 Å². The Morgan fingerprint density at radius 3 is 2.83 bits per heavy atom. The Labute approximate surface area is 75.7 Å². The molecule has 0 atom stereocenters. The fourth-order valence-electron chi connectivity index (χ4n) is 0.610. The second kappa shape index (κ2) is 3.66. The summed E-state index contributed by atoms with van der Waals surface area (Å²) in [6, 6.07) is 1.54. The van der Waals surface area contributed by atoms with Crippen LogP contribution >= 0.6 is 15.9 Å². The van der Waals surface area contributed by atoms with Crippen molar-refractivity contribution in [2.45, 2.75) is 6.61 Å². The third-order valence-corrected chi connectivity index (χ3v) is 1.79. The summed E-state index contributed by atoms with van der Waals surface area (Å²) in [6.07, 6.45) is 1.32. The van der Waals surface area contributed by atoms with Crippen molar-refractivity contribution in [3.8, 4) is 5.88 Å². The van der Waals surface area contributed by atoms with Gasteiger partial charge in [0.25, 0.3) is 0 Å². The number of ether oxygens (including phenoxy) is 1. The van der Waals surface area contributed by atoms with Crippen LogP contribution in [0.1, 0.15) is 0 Å². The van der Waals surface area contributed by atoms with Gasteiger partial charge in [-0.2, -0.15) is 8.78 Å². The molecular weight excluding hydrogens is 234 g/mol. The average molecular weight is 239 g/mol. The molecule has 0 aliphatic heterocycles. The van der Waals surface area contributed by atoms with Gasteiger partial charge >= 0.3 is 6.61 Å². The largest absolute Gasteiger partial charge is 0.415 e. The Morgan fingerprint density at radius 1 is 1.58 bits per heavy atom. The molecule has 0 spiro atoms. The first-order valence-electron chi connectivity index (χ1n) is 2.96. The lowest BCUT2D eigenvalue weighted by Crippen LogP contribution is -2.06. The molecule has 0 aromatic carbocycles. The van der Waals surface area contributed by atoms with Crippen LogP contribution < -0.4 is 10.5 Å². The van der Waals surface area contributed by atoms with Crippen LogP contribution in [0.25, 0.3) is 0 Å². The third-order valence-electron chi connectivity index (χ3n) is 1.10. The fraction of sp³-hybridized carbons (Fsp3) is 0.167. The summed E-state index contributed by atoms with van der Waals surface area (Å²) in [6.45, 7) is -2.91. The van der Waals surface area contributed by atoms with E-state index in [9.17, 15) is 8.78 Å². The molecule has 1 rings (SSSR count). The Kier molecular flexibility index (Phi) is 2.80. The summed E-state index contributed by atoms with van der Waals surface area (Å²) in [4.78, 5) is 3.52. The van der Waals surface area contributed by atoms with Crippen LogP contribution in [-0.2, 0) is 0 Å². The number of aromatic nitrogens is 1. The smallest absolute Gasteiger partial charge is 0.388 e. The number of nitrogens with two attached hydrogens (primary N) is 1. The number of pyridine rings is 1. The maximum atomic E-state index is 11.7. The van der Waals surface area contributed by atoms with Gasteiger partial charge in [0, 0.05) is 10.7 Å². The maximum Gasteiger partial charge on any atom is 0.388 e. The predicted octanol–water partition coefficient (Wildman–Crippen LogP) is 2.03. The summed E-state index contributed by atoms with van der Waals surface area (Å²) in [5, 5.41) is 0. The summed E-state index contributed by atoms with van der Waals surface area (Å²) >= 11 is 3.05. The van der Waals surface area contributed by atoms with Crippen molar-refractivity contribution >= 4 is 21.6 Å². The van der Waals surface area contributed by atoms with E-state index >= 15 is 0 Å². The predicted molar refractivity (Wildman–Crippen MR) is 43.0 cm³/mol. The fourth-order valence-corrected chi connectivity index (χ4v) is 0.898. The monoisotopic (exact) mass is 238 g/mol. The third kappa shape index (κ3) is 2.04. The highest BCUT2D eigenvalue weighted by Crippen LogP contribution is 2.27. The first-order valence-corrected chi connectivity index (χ1v) is 3.75. The normalized spacial score (nSPS) is 10.3. The van der Waals surface area contributed by atoms with Crippen molar-refractivity contribution in [1.29, 1.82) is 0 Å². The molecule has 0 amide bonds. The zero-order chi connectivity index (χ0) is 9.14. The van der Waals surface area contributed by atoms with E-state index in [0.717, 1.165) is 0 Å². The molecule has 6 heteroatoms. The van der Waals surface area contributed by atoms with Gasteiger partial charge in [0.2, 0.25) is 5.88 Å². The summed E-state index contributed by atoms with van der Waals surface area (Å²) in [7, 11) is 0. The molecule has 0 aliphatic rings. The molecule has 1 heterocycles. The van der Waals surface area contributed by atoms with Crippen LogP contribution in [0, 0.1) is 0 Å². The van der Waals surface area contributed by atoms with E-state index in [-0.39, 0.29) is 11.6 Å². The summed E-state index contributed by atoms with van der Waals surface area (Å²) in [5.74, 6) is -0.264. The van der Waals surface area contributed by atoms with E-state index in [0.29, 0.717) is 4.47 Å². The van der Waals surface area contributed by atoms with E-state index < -0.39 is 6.61 Å². The Bertz CT molecular complexity index is 282. The highest BCUT2D eigenvalue weighted by molar-refractivity contribution is 9.10. The van der Waals surface area contributed by atoms with Gasteiger partial charge in [0.05, 0.1) is 0 Å². The zero-order valence-electron chi connectivity index (χ0n) is 5.80. The number of alkyl halides is 2. The number of hydrogen-bond donors (Lipinski definition) is 1. The van der Waals surface area contributed by atoms with Crippen molar-refractivity contribution < 1.29 is 13.5 Å². The van der Waals surface area contributed by atoms with Crippen LogP contribution in [0.4, 0.5) is 14.5 Å². The van der Waals surface area contributed by atoms with Gasteiger partial charge in [0.15, 0.2) is 0 Å². The molecule has 12 heavy (non-hydrogen) atoms. The van der Waals surface area contributed by atoms with Crippen LogP contribution in [0.15, 0.2) is 16.7 Å². The lowest BCUT2D eigenvalue weighted by Gasteiger charge is -2.06. The molecule has 3 nitrogen and oxygen atoms in total. The number of halogens is 3. The number of rotatable bonds is 2. The van der Waals surface area contributed by atoms with E-state index in [1.54, 1.807) is 0 Å². The van der Waals surface area contributed by atoms with Gasteiger partial charge in [-0.15, -0.1) is 0 Å². The molecule has 0 bridgehead atoms. The summed E-state index contributed by atoms with van der Waals surface area (Å²) in [5.41, 5.74) is 5.43. The zero-order valence-corrected chi connectivity index (χ0v) is 7.38. The molecule has 0 unspecified atom stereocenters. The van der Waals surface area contributed by atoms with Gasteiger partial charge in [-0.25, -0.2) is 4.98 Å². The molecule has 0 radical (unpaired) electrons. The Morgan fingerprint density at radius 2 is 2.25 bits per heavy atom. The lowest BCUT2D eigenvalue weighted by molar-refractivity contribution is -0.0523. The highest BCUT2D eigenvalue weighted by atomic mass is 79.9. The Balaban J connectivity index is 2.92. The van der Waals surface area contributed by atoms with Crippen molar-refractivity contribution in [3.05, 3.63) is 16.7 Å². The second-order valence-electron chi connectivity index (χ2n) is 1.89. The van der Waals surface area contributed by atoms with Crippen molar-refractivity contribution in [1.82, 2.24) is 4.98 Å². The number of nitrogen functional groups attached to an aromatic ring is 1. The standard InChI is InChI=1S/C6H5BrF2N2O/c7-3-1-2-11-5(4(3)10)12-6(8)9/h1-2,6H,10H2. The highest BCUT2D eigenvalue weighted by Gasteiger charge is 2.10. The molecule has 0 saturated carbocycles. The van der Waals surface area contributed by atoms with Gasteiger partial charge < -0.3 is 10.5 Å². The van der Waals surface area contributed by atoms with Crippen molar-refractivity contribution in [3.63, 3.8) is 0 Å². The number of hydrogen-bond acceptors (Lipinski definition) is 3. The maximum absolute atomic E-state index is 11.7. The molecule has 1 aromatic heterocycles. The first kappa shape index (κ1) is 9.18. The Hall–Kier alpha value is -0.910. The second-order valence-corrected chi connectivity index (χ2v) is 2.74. The minimum absolute atomic E-state index is 0.0674. The minimum atomic E-state index is -2.91. The lowest BCUT2D eigenvalue weighted by atomic mass is 10.4.